The summed E-state index contributed by atoms with van der Waals surface area (Å²) >= 11 is 1.51. The Balaban J connectivity index is 1.81. The average molecular weight is 264 g/mol. The summed E-state index contributed by atoms with van der Waals surface area (Å²) in [5, 5.41) is 1.92. The zero-order valence-corrected chi connectivity index (χ0v) is 11.2. The van der Waals surface area contributed by atoms with Gasteiger partial charge in [-0.3, -0.25) is 9.20 Å². The van der Waals surface area contributed by atoms with Crippen LogP contribution in [0.1, 0.15) is 43.1 Å². The molecule has 4 nitrogen and oxygen atoms in total. The molecule has 0 amide bonds. The van der Waals surface area contributed by atoms with Crippen molar-refractivity contribution in [1.82, 2.24) is 9.38 Å². The van der Waals surface area contributed by atoms with Crippen LogP contribution in [0.15, 0.2) is 11.6 Å². The number of aldehydes is 1. The largest absolute Gasteiger partial charge is 0.473 e. The number of aromatic nitrogens is 2. The summed E-state index contributed by atoms with van der Waals surface area (Å²) < 4.78 is 7.70. The smallest absolute Gasteiger partial charge is 0.244 e. The van der Waals surface area contributed by atoms with Crippen molar-refractivity contribution >= 4 is 22.6 Å². The predicted molar refractivity (Wildman–Crippen MR) is 70.5 cm³/mol. The zero-order valence-electron chi connectivity index (χ0n) is 10.3. The lowest BCUT2D eigenvalue weighted by molar-refractivity contribution is 0.109. The van der Waals surface area contributed by atoms with E-state index in [9.17, 15) is 4.79 Å². The lowest BCUT2D eigenvalue weighted by atomic mass is 9.89. The van der Waals surface area contributed by atoms with E-state index in [0.717, 1.165) is 30.0 Å². The third-order valence-electron chi connectivity index (χ3n) is 3.62. The molecular formula is C13H16N2O2S. The maximum Gasteiger partial charge on any atom is 0.244 e. The van der Waals surface area contributed by atoms with Crippen molar-refractivity contribution in [3.63, 3.8) is 0 Å². The highest BCUT2D eigenvalue weighted by molar-refractivity contribution is 7.15. The van der Waals surface area contributed by atoms with Gasteiger partial charge < -0.3 is 4.74 Å². The van der Waals surface area contributed by atoms with Crippen molar-refractivity contribution in [2.24, 2.45) is 5.92 Å². The van der Waals surface area contributed by atoms with Crippen molar-refractivity contribution < 1.29 is 9.53 Å². The van der Waals surface area contributed by atoms with Gasteiger partial charge in [0.25, 0.3) is 0 Å². The molecule has 0 bridgehead atoms. The second-order valence-corrected chi connectivity index (χ2v) is 5.85. The van der Waals surface area contributed by atoms with Crippen LogP contribution in [-0.4, -0.2) is 21.8 Å². The molecule has 2 aromatic rings. The Hall–Kier alpha value is -1.36. The van der Waals surface area contributed by atoms with Crippen molar-refractivity contribution in [1.29, 1.82) is 0 Å². The zero-order chi connectivity index (χ0) is 12.5. The van der Waals surface area contributed by atoms with Crippen LogP contribution in [0.4, 0.5) is 0 Å². The van der Waals surface area contributed by atoms with E-state index in [-0.39, 0.29) is 6.10 Å². The van der Waals surface area contributed by atoms with Crippen LogP contribution < -0.4 is 4.74 Å². The summed E-state index contributed by atoms with van der Waals surface area (Å²) in [6.45, 7) is 2.28. The number of ether oxygens (including phenoxy) is 1. The van der Waals surface area contributed by atoms with Gasteiger partial charge in [0.1, 0.15) is 6.10 Å². The Morgan fingerprint density at radius 1 is 1.44 bits per heavy atom. The molecule has 18 heavy (non-hydrogen) atoms. The molecule has 1 fully saturated rings. The first kappa shape index (κ1) is 11.7. The van der Waals surface area contributed by atoms with E-state index in [1.165, 1.54) is 24.2 Å². The van der Waals surface area contributed by atoms with Gasteiger partial charge in [0, 0.05) is 11.6 Å². The molecule has 2 heterocycles. The minimum atomic E-state index is 0.213. The van der Waals surface area contributed by atoms with E-state index < -0.39 is 0 Å². The molecule has 0 saturated heterocycles. The molecule has 2 aromatic heterocycles. The SMILES string of the molecule is CC1CCC(Oc2nc3sccn3c2C=O)CC1. The summed E-state index contributed by atoms with van der Waals surface area (Å²) in [6.07, 6.45) is 7.41. The molecule has 0 aliphatic heterocycles. The predicted octanol–water partition coefficient (Wildman–Crippen LogP) is 3.17. The van der Waals surface area contributed by atoms with E-state index in [1.807, 2.05) is 11.6 Å². The topological polar surface area (TPSA) is 43.6 Å². The summed E-state index contributed by atoms with van der Waals surface area (Å²) in [4.78, 5) is 16.4. The number of rotatable bonds is 3. The van der Waals surface area contributed by atoms with Crippen LogP contribution in [0.3, 0.4) is 0 Å². The fourth-order valence-corrected chi connectivity index (χ4v) is 3.20. The fourth-order valence-electron chi connectivity index (χ4n) is 2.48. The first-order valence-electron chi connectivity index (χ1n) is 6.35. The Kier molecular flexibility index (Phi) is 3.07. The number of hydrogen-bond acceptors (Lipinski definition) is 4. The van der Waals surface area contributed by atoms with Gasteiger partial charge in [-0.2, -0.15) is 4.98 Å². The standard InChI is InChI=1S/C13H16N2O2S/c1-9-2-4-10(5-3-9)17-12-11(8-16)15-6-7-18-13(15)14-12/h6-10H,2-5H2,1H3. The Morgan fingerprint density at radius 3 is 2.94 bits per heavy atom. The van der Waals surface area contributed by atoms with Gasteiger partial charge in [0.15, 0.2) is 16.9 Å². The molecule has 1 saturated carbocycles. The lowest BCUT2D eigenvalue weighted by Crippen LogP contribution is -2.23. The minimum Gasteiger partial charge on any atom is -0.473 e. The van der Waals surface area contributed by atoms with Crippen molar-refractivity contribution in [2.75, 3.05) is 0 Å². The molecule has 0 aromatic carbocycles. The fraction of sp³-hybridized carbons (Fsp3) is 0.538. The molecular weight excluding hydrogens is 248 g/mol. The van der Waals surface area contributed by atoms with E-state index in [2.05, 4.69) is 11.9 Å². The average Bonchev–Trinajstić information content (AvgIpc) is 2.92. The molecule has 5 heteroatoms. The molecule has 1 aliphatic carbocycles. The van der Waals surface area contributed by atoms with Crippen LogP contribution >= 0.6 is 11.3 Å². The second kappa shape index (κ2) is 4.72. The van der Waals surface area contributed by atoms with Gasteiger partial charge in [-0.05, 0) is 31.6 Å². The number of hydrogen-bond donors (Lipinski definition) is 0. The molecule has 96 valence electrons. The van der Waals surface area contributed by atoms with Gasteiger partial charge >= 0.3 is 0 Å². The molecule has 0 unspecified atom stereocenters. The van der Waals surface area contributed by atoms with E-state index in [4.69, 9.17) is 4.74 Å². The number of nitrogens with zero attached hydrogens (tertiary/aromatic N) is 2. The molecule has 0 radical (unpaired) electrons. The van der Waals surface area contributed by atoms with Crippen molar-refractivity contribution in [2.45, 2.75) is 38.7 Å². The number of carbonyl (C=O) groups excluding carboxylic acids is 1. The molecule has 0 atom stereocenters. The highest BCUT2D eigenvalue weighted by Crippen LogP contribution is 2.29. The van der Waals surface area contributed by atoms with Crippen molar-refractivity contribution in [3.8, 4) is 5.88 Å². The number of thiazole rings is 1. The Morgan fingerprint density at radius 2 is 2.22 bits per heavy atom. The van der Waals surface area contributed by atoms with E-state index >= 15 is 0 Å². The van der Waals surface area contributed by atoms with Gasteiger partial charge in [0.2, 0.25) is 5.88 Å². The van der Waals surface area contributed by atoms with Crippen LogP contribution in [0.2, 0.25) is 0 Å². The van der Waals surface area contributed by atoms with Crippen molar-refractivity contribution in [3.05, 3.63) is 17.3 Å². The quantitative estimate of drug-likeness (QED) is 0.800. The normalized spacial score (nSPS) is 24.3. The van der Waals surface area contributed by atoms with Crippen LogP contribution in [0.5, 0.6) is 5.88 Å². The number of imidazole rings is 1. The second-order valence-electron chi connectivity index (χ2n) is 4.98. The van der Waals surface area contributed by atoms with Crippen LogP contribution in [0, 0.1) is 5.92 Å². The highest BCUT2D eigenvalue weighted by atomic mass is 32.1. The lowest BCUT2D eigenvalue weighted by Gasteiger charge is -2.26. The molecule has 3 rings (SSSR count). The summed E-state index contributed by atoms with van der Waals surface area (Å²) in [7, 11) is 0. The molecule has 0 N–H and O–H groups in total. The van der Waals surface area contributed by atoms with E-state index in [0.29, 0.717) is 11.6 Å². The highest BCUT2D eigenvalue weighted by Gasteiger charge is 2.22. The Bertz CT molecular complexity index is 552. The number of fused-ring (bicyclic) bond motifs is 1. The molecule has 1 aliphatic rings. The third kappa shape index (κ3) is 2.03. The Labute approximate surface area is 110 Å². The first-order chi connectivity index (χ1) is 8.78. The summed E-state index contributed by atoms with van der Waals surface area (Å²) in [6, 6.07) is 0. The number of carbonyl (C=O) groups is 1. The summed E-state index contributed by atoms with van der Waals surface area (Å²) in [5.41, 5.74) is 0.532. The van der Waals surface area contributed by atoms with Gasteiger partial charge in [0.05, 0.1) is 0 Å². The molecule has 0 spiro atoms. The van der Waals surface area contributed by atoms with E-state index in [1.54, 1.807) is 4.40 Å². The van der Waals surface area contributed by atoms with Gasteiger partial charge in [-0.1, -0.05) is 6.92 Å². The first-order valence-corrected chi connectivity index (χ1v) is 7.23. The summed E-state index contributed by atoms with van der Waals surface area (Å²) in [5.74, 6) is 1.29. The maximum atomic E-state index is 11.2. The third-order valence-corrected chi connectivity index (χ3v) is 4.37. The monoisotopic (exact) mass is 264 g/mol. The van der Waals surface area contributed by atoms with Crippen LogP contribution in [-0.2, 0) is 0 Å². The van der Waals surface area contributed by atoms with Gasteiger partial charge in [-0.25, -0.2) is 0 Å². The maximum absolute atomic E-state index is 11.2. The van der Waals surface area contributed by atoms with Gasteiger partial charge in [-0.15, -0.1) is 11.3 Å². The van der Waals surface area contributed by atoms with Crippen LogP contribution in [0.25, 0.3) is 4.96 Å². The minimum absolute atomic E-state index is 0.213.